The zero-order valence-electron chi connectivity index (χ0n) is 20.4. The second-order valence-corrected chi connectivity index (χ2v) is 11.0. The Balaban J connectivity index is 1.53. The van der Waals surface area contributed by atoms with Crippen LogP contribution in [0.1, 0.15) is 18.9 Å². The Labute approximate surface area is 209 Å². The Morgan fingerprint density at radius 1 is 1.17 bits per heavy atom. The van der Waals surface area contributed by atoms with Crippen LogP contribution >= 0.6 is 0 Å². The SMILES string of the molecule is CCCS(=O)(=O)Cc1ccc(F)c(-n2cc(-c3cncc(N(C)CCN4CCOCC4)c3)nn2)c1F. The van der Waals surface area contributed by atoms with E-state index in [1.54, 1.807) is 19.3 Å². The predicted octanol–water partition coefficient (Wildman–Crippen LogP) is 2.70. The second-order valence-electron chi connectivity index (χ2n) is 8.82. The Bertz CT molecular complexity index is 1290. The van der Waals surface area contributed by atoms with Crippen LogP contribution in [0.25, 0.3) is 16.9 Å². The number of hydrogen-bond donors (Lipinski definition) is 0. The lowest BCUT2D eigenvalue weighted by molar-refractivity contribution is 0.0393. The Morgan fingerprint density at radius 3 is 2.69 bits per heavy atom. The highest BCUT2D eigenvalue weighted by Crippen LogP contribution is 2.26. The van der Waals surface area contributed by atoms with Crippen LogP contribution in [0.3, 0.4) is 0 Å². The first-order valence-corrected chi connectivity index (χ1v) is 13.7. The van der Waals surface area contributed by atoms with Gasteiger partial charge in [0.1, 0.15) is 11.4 Å². The molecular weight excluding hydrogens is 490 g/mol. The van der Waals surface area contributed by atoms with Gasteiger partial charge in [0.15, 0.2) is 21.5 Å². The Kier molecular flexibility index (Phi) is 8.27. The molecule has 0 saturated carbocycles. The molecule has 0 atom stereocenters. The fourth-order valence-electron chi connectivity index (χ4n) is 4.05. The zero-order valence-corrected chi connectivity index (χ0v) is 21.2. The van der Waals surface area contributed by atoms with Gasteiger partial charge in [-0.2, -0.15) is 0 Å². The third-order valence-corrected chi connectivity index (χ3v) is 7.86. The molecule has 1 fully saturated rings. The Hall–Kier alpha value is -2.96. The summed E-state index contributed by atoms with van der Waals surface area (Å²) in [6.45, 7) is 6.73. The van der Waals surface area contributed by atoms with Gasteiger partial charge in [-0.25, -0.2) is 21.9 Å². The fourth-order valence-corrected chi connectivity index (χ4v) is 5.51. The van der Waals surface area contributed by atoms with Crippen LogP contribution in [0.2, 0.25) is 0 Å². The number of nitrogens with zero attached hydrogens (tertiary/aromatic N) is 6. The summed E-state index contributed by atoms with van der Waals surface area (Å²) < 4.78 is 60.5. The fraction of sp³-hybridized carbons (Fsp3) is 0.458. The van der Waals surface area contributed by atoms with Crippen molar-refractivity contribution in [2.24, 2.45) is 0 Å². The van der Waals surface area contributed by atoms with Crippen LogP contribution in [0.15, 0.2) is 36.8 Å². The lowest BCUT2D eigenvalue weighted by Gasteiger charge is -2.29. The number of aromatic nitrogens is 4. The van der Waals surface area contributed by atoms with E-state index in [1.807, 2.05) is 13.1 Å². The molecule has 0 bridgehead atoms. The maximum Gasteiger partial charge on any atom is 0.156 e. The van der Waals surface area contributed by atoms with Crippen LogP contribution in [-0.2, 0) is 20.3 Å². The number of ether oxygens (including phenoxy) is 1. The molecule has 194 valence electrons. The molecule has 36 heavy (non-hydrogen) atoms. The van der Waals surface area contributed by atoms with Crippen molar-refractivity contribution in [3.63, 3.8) is 0 Å². The van der Waals surface area contributed by atoms with Crippen LogP contribution in [-0.4, -0.2) is 85.5 Å². The molecule has 9 nitrogen and oxygen atoms in total. The molecule has 4 rings (SSSR count). The highest BCUT2D eigenvalue weighted by molar-refractivity contribution is 7.90. The first-order valence-electron chi connectivity index (χ1n) is 11.8. The minimum Gasteiger partial charge on any atom is -0.379 e. The van der Waals surface area contributed by atoms with E-state index in [0.29, 0.717) is 17.7 Å². The van der Waals surface area contributed by atoms with E-state index in [9.17, 15) is 12.8 Å². The molecule has 0 N–H and O–H groups in total. The molecular formula is C24H30F2N6O3S. The number of sulfone groups is 1. The van der Waals surface area contributed by atoms with Crippen molar-refractivity contribution >= 4 is 15.5 Å². The Morgan fingerprint density at radius 2 is 1.94 bits per heavy atom. The molecule has 0 radical (unpaired) electrons. The normalized spacial score (nSPS) is 14.8. The van der Waals surface area contributed by atoms with Crippen LogP contribution < -0.4 is 4.90 Å². The molecule has 1 aliphatic rings. The zero-order chi connectivity index (χ0) is 25.7. The number of anilines is 1. The monoisotopic (exact) mass is 520 g/mol. The molecule has 12 heteroatoms. The maximum absolute atomic E-state index is 15.2. The van der Waals surface area contributed by atoms with Gasteiger partial charge < -0.3 is 9.64 Å². The summed E-state index contributed by atoms with van der Waals surface area (Å²) in [6, 6.07) is 4.09. The van der Waals surface area contributed by atoms with Gasteiger partial charge in [0.05, 0.1) is 42.8 Å². The molecule has 2 aromatic heterocycles. The average molecular weight is 521 g/mol. The van der Waals surface area contributed by atoms with Crippen molar-refractivity contribution in [1.29, 1.82) is 0 Å². The lowest BCUT2D eigenvalue weighted by atomic mass is 10.2. The molecule has 1 aliphatic heterocycles. The van der Waals surface area contributed by atoms with Crippen molar-refractivity contribution in [1.82, 2.24) is 24.9 Å². The number of benzene rings is 1. The van der Waals surface area contributed by atoms with E-state index >= 15 is 4.39 Å². The standard InChI is InChI=1S/C24H30F2N6O3S/c1-3-12-36(33,34)17-18-4-5-21(25)24(23(18)26)32-16-22(28-29-32)19-13-20(15-27-14-19)30(2)6-7-31-8-10-35-11-9-31/h4-5,13-16H,3,6-12,17H2,1-2H3. The molecule has 0 spiro atoms. The predicted molar refractivity (Wildman–Crippen MR) is 133 cm³/mol. The summed E-state index contributed by atoms with van der Waals surface area (Å²) in [7, 11) is -1.54. The second kappa shape index (κ2) is 11.4. The summed E-state index contributed by atoms with van der Waals surface area (Å²) in [6.07, 6.45) is 5.17. The summed E-state index contributed by atoms with van der Waals surface area (Å²) in [5, 5.41) is 7.99. The summed E-state index contributed by atoms with van der Waals surface area (Å²) in [5.41, 5.74) is 1.32. The summed E-state index contributed by atoms with van der Waals surface area (Å²) in [5.74, 6) is -2.42. The van der Waals surface area contributed by atoms with E-state index in [-0.39, 0.29) is 11.3 Å². The van der Waals surface area contributed by atoms with Crippen LogP contribution in [0.5, 0.6) is 0 Å². The van der Waals surface area contributed by atoms with Crippen molar-refractivity contribution in [3.8, 4) is 16.9 Å². The smallest absolute Gasteiger partial charge is 0.156 e. The minimum atomic E-state index is -3.51. The van der Waals surface area contributed by atoms with Gasteiger partial charge in [-0.1, -0.05) is 18.2 Å². The average Bonchev–Trinajstić information content (AvgIpc) is 3.35. The molecule has 0 unspecified atom stereocenters. The molecule has 3 heterocycles. The van der Waals surface area contributed by atoms with Crippen molar-refractivity contribution < 1.29 is 21.9 Å². The van der Waals surface area contributed by atoms with Crippen molar-refractivity contribution in [3.05, 3.63) is 54.0 Å². The third-order valence-electron chi connectivity index (χ3n) is 6.08. The van der Waals surface area contributed by atoms with E-state index < -0.39 is 32.9 Å². The quantitative estimate of drug-likeness (QED) is 0.403. The lowest BCUT2D eigenvalue weighted by Crippen LogP contribution is -2.40. The highest BCUT2D eigenvalue weighted by Gasteiger charge is 2.21. The molecule has 0 amide bonds. The van der Waals surface area contributed by atoms with E-state index in [0.717, 1.165) is 61.9 Å². The number of pyridine rings is 1. The molecule has 1 aromatic carbocycles. The molecule has 0 aliphatic carbocycles. The first-order chi connectivity index (χ1) is 17.3. The van der Waals surface area contributed by atoms with Crippen LogP contribution in [0.4, 0.5) is 14.5 Å². The van der Waals surface area contributed by atoms with Crippen molar-refractivity contribution in [2.45, 2.75) is 19.1 Å². The number of morpholine rings is 1. The molecule has 1 saturated heterocycles. The number of likely N-dealkylation sites (N-methyl/N-ethyl adjacent to an activating group) is 1. The van der Waals surface area contributed by atoms with Gasteiger partial charge >= 0.3 is 0 Å². The van der Waals surface area contributed by atoms with E-state index in [2.05, 4.69) is 25.1 Å². The minimum absolute atomic E-state index is 0.0726. The largest absolute Gasteiger partial charge is 0.379 e. The van der Waals surface area contributed by atoms with Gasteiger partial charge in [-0.15, -0.1) is 5.10 Å². The van der Waals surface area contributed by atoms with Gasteiger partial charge in [0.2, 0.25) is 0 Å². The van der Waals surface area contributed by atoms with E-state index in [1.165, 1.54) is 6.20 Å². The topological polar surface area (TPSA) is 93.5 Å². The van der Waals surface area contributed by atoms with Gasteiger partial charge in [0, 0.05) is 50.6 Å². The first kappa shape index (κ1) is 26.1. The third kappa shape index (κ3) is 6.23. The van der Waals surface area contributed by atoms with Gasteiger partial charge in [-0.05, 0) is 18.6 Å². The van der Waals surface area contributed by atoms with Gasteiger partial charge in [0.25, 0.3) is 0 Å². The number of rotatable bonds is 10. The molecule has 3 aromatic rings. The van der Waals surface area contributed by atoms with Crippen molar-refractivity contribution in [2.75, 3.05) is 57.1 Å². The summed E-state index contributed by atoms with van der Waals surface area (Å²) in [4.78, 5) is 8.72. The number of hydrogen-bond acceptors (Lipinski definition) is 8. The summed E-state index contributed by atoms with van der Waals surface area (Å²) >= 11 is 0. The van der Waals surface area contributed by atoms with Crippen LogP contribution in [0, 0.1) is 11.6 Å². The van der Waals surface area contributed by atoms with E-state index in [4.69, 9.17) is 4.74 Å². The highest BCUT2D eigenvalue weighted by atomic mass is 32.2. The van der Waals surface area contributed by atoms with Gasteiger partial charge in [-0.3, -0.25) is 9.88 Å². The number of halogens is 2. The maximum atomic E-state index is 15.2.